The van der Waals surface area contributed by atoms with E-state index < -0.39 is 35.6 Å². The number of halogens is 4. The quantitative estimate of drug-likeness (QED) is 0.108. The smallest absolute Gasteiger partial charge is 0.382 e. The molecule has 0 radical (unpaired) electrons. The third kappa shape index (κ3) is 6.57. The normalized spacial score (nSPS) is 16.1. The number of carbonyl (C=O) groups excluding carboxylic acids is 2. The Kier molecular flexibility index (Phi) is 8.92. The van der Waals surface area contributed by atoms with Crippen molar-refractivity contribution in [2.24, 2.45) is 11.7 Å². The molecule has 1 unspecified atom stereocenters. The van der Waals surface area contributed by atoms with E-state index in [1.54, 1.807) is 6.92 Å². The molecule has 0 spiro atoms. The summed E-state index contributed by atoms with van der Waals surface area (Å²) >= 11 is 0.922. The highest BCUT2D eigenvalue weighted by Gasteiger charge is 2.41. The predicted molar refractivity (Wildman–Crippen MR) is 139 cm³/mol. The topological polar surface area (TPSA) is 129 Å². The van der Waals surface area contributed by atoms with Gasteiger partial charge in [-0.25, -0.2) is 9.37 Å². The second kappa shape index (κ2) is 11.8. The maximum Gasteiger partial charge on any atom is 0.391 e. The van der Waals surface area contributed by atoms with Gasteiger partial charge in [-0.15, -0.1) is 0 Å². The SMILES string of the molecule is C/C=C(\C=C/C(=N)N1CCC(C(F)(F)F)CC1)C(=O)c1sc(N(c2ccc(F)cc2)C(C)C(N)=O)nc1N. The van der Waals surface area contributed by atoms with Crippen LogP contribution < -0.4 is 16.4 Å². The minimum Gasteiger partial charge on any atom is -0.382 e. The number of hydrogen-bond acceptors (Lipinski definition) is 7. The van der Waals surface area contributed by atoms with Crippen LogP contribution in [-0.4, -0.2) is 52.7 Å². The Bertz CT molecular complexity index is 1250. The third-order valence-electron chi connectivity index (χ3n) is 6.25. The van der Waals surface area contributed by atoms with Crippen molar-refractivity contribution >= 4 is 45.5 Å². The van der Waals surface area contributed by atoms with Crippen LogP contribution in [0.1, 0.15) is 36.4 Å². The Labute approximate surface area is 221 Å². The van der Waals surface area contributed by atoms with Crippen molar-refractivity contribution in [2.75, 3.05) is 23.7 Å². The number of nitrogen functional groups attached to an aromatic ring is 1. The number of Topliss-reactive ketones (excluding diaryl/α,β-unsaturated/α-hetero) is 1. The van der Waals surface area contributed by atoms with Crippen LogP contribution in [-0.2, 0) is 4.79 Å². The fraction of sp³-hybridized carbons (Fsp3) is 0.360. The van der Waals surface area contributed by atoms with Crippen LogP contribution in [0.15, 0.2) is 48.1 Å². The lowest BCUT2D eigenvalue weighted by molar-refractivity contribution is -0.183. The third-order valence-corrected chi connectivity index (χ3v) is 7.32. The van der Waals surface area contributed by atoms with Gasteiger partial charge >= 0.3 is 6.18 Å². The van der Waals surface area contributed by atoms with Crippen molar-refractivity contribution in [3.8, 4) is 0 Å². The van der Waals surface area contributed by atoms with E-state index in [4.69, 9.17) is 16.9 Å². The molecule has 5 N–H and O–H groups in total. The van der Waals surface area contributed by atoms with Crippen LogP contribution in [0.25, 0.3) is 0 Å². The molecule has 2 heterocycles. The predicted octanol–water partition coefficient (Wildman–Crippen LogP) is 4.81. The molecule has 204 valence electrons. The maximum atomic E-state index is 13.5. The van der Waals surface area contributed by atoms with Gasteiger partial charge in [0.25, 0.3) is 0 Å². The van der Waals surface area contributed by atoms with Crippen LogP contribution in [0, 0.1) is 17.1 Å². The van der Waals surface area contributed by atoms with E-state index in [0.717, 1.165) is 11.3 Å². The molecule has 1 fully saturated rings. The molecule has 1 aromatic carbocycles. The van der Waals surface area contributed by atoms with Crippen molar-refractivity contribution in [3.05, 3.63) is 58.8 Å². The Balaban J connectivity index is 1.79. The van der Waals surface area contributed by atoms with E-state index in [1.165, 1.54) is 59.2 Å². The Morgan fingerprint density at radius 1 is 1.21 bits per heavy atom. The average Bonchev–Trinajstić information content (AvgIpc) is 3.25. The lowest BCUT2D eigenvalue weighted by atomic mass is 9.96. The first-order valence-electron chi connectivity index (χ1n) is 11.7. The number of amides is 1. The van der Waals surface area contributed by atoms with Crippen LogP contribution >= 0.6 is 11.3 Å². The van der Waals surface area contributed by atoms with Gasteiger partial charge in [0.15, 0.2) is 5.13 Å². The number of likely N-dealkylation sites (tertiary alicyclic amines) is 1. The molecule has 1 aliphatic heterocycles. The van der Waals surface area contributed by atoms with Gasteiger partial charge < -0.3 is 21.3 Å². The van der Waals surface area contributed by atoms with Crippen LogP contribution in [0.4, 0.5) is 34.2 Å². The number of nitrogens with one attached hydrogen (secondary N) is 1. The van der Waals surface area contributed by atoms with Crippen molar-refractivity contribution < 1.29 is 27.2 Å². The Morgan fingerprint density at radius 2 is 1.82 bits per heavy atom. The lowest BCUT2D eigenvalue weighted by Crippen LogP contribution is -2.41. The molecule has 0 aliphatic carbocycles. The molecular weight excluding hydrogens is 524 g/mol. The zero-order valence-electron chi connectivity index (χ0n) is 20.8. The van der Waals surface area contributed by atoms with Gasteiger partial charge in [0.2, 0.25) is 11.7 Å². The summed E-state index contributed by atoms with van der Waals surface area (Å²) in [5, 5.41) is 8.42. The largest absolute Gasteiger partial charge is 0.391 e. The number of rotatable bonds is 8. The number of thiazole rings is 1. The molecule has 1 aromatic heterocycles. The molecule has 1 aliphatic rings. The van der Waals surface area contributed by atoms with Crippen LogP contribution in [0.2, 0.25) is 0 Å². The Hall–Kier alpha value is -3.74. The number of nitrogens with zero attached hydrogens (tertiary/aromatic N) is 3. The second-order valence-electron chi connectivity index (χ2n) is 8.73. The zero-order chi connectivity index (χ0) is 28.2. The summed E-state index contributed by atoms with van der Waals surface area (Å²) in [7, 11) is 0. The summed E-state index contributed by atoms with van der Waals surface area (Å²) in [5.74, 6) is -3.11. The number of anilines is 3. The summed E-state index contributed by atoms with van der Waals surface area (Å²) in [4.78, 5) is 32.5. The number of amidine groups is 1. The number of piperidine rings is 1. The van der Waals surface area contributed by atoms with Crippen molar-refractivity contribution in [2.45, 2.75) is 38.9 Å². The molecule has 2 aromatic rings. The first kappa shape index (κ1) is 28.8. The van der Waals surface area contributed by atoms with Crippen LogP contribution in [0.5, 0.6) is 0 Å². The van der Waals surface area contributed by atoms with E-state index in [-0.39, 0.29) is 53.2 Å². The molecule has 1 amide bonds. The molecule has 0 saturated carbocycles. The Morgan fingerprint density at radius 3 is 2.34 bits per heavy atom. The van der Waals surface area contributed by atoms with Gasteiger partial charge in [0.05, 0.1) is 5.92 Å². The van der Waals surface area contributed by atoms with Gasteiger partial charge in [0.1, 0.15) is 28.4 Å². The number of carbonyl (C=O) groups is 2. The average molecular weight is 553 g/mol. The summed E-state index contributed by atoms with van der Waals surface area (Å²) in [6.07, 6.45) is -0.149. The fourth-order valence-electron chi connectivity index (χ4n) is 3.97. The van der Waals surface area contributed by atoms with Gasteiger partial charge in [-0.05, 0) is 63.1 Å². The molecule has 38 heavy (non-hydrogen) atoms. The van der Waals surface area contributed by atoms with Gasteiger partial charge in [-0.1, -0.05) is 17.4 Å². The summed E-state index contributed by atoms with van der Waals surface area (Å²) in [6.45, 7) is 3.34. The number of allylic oxidation sites excluding steroid dienone is 3. The molecule has 13 heteroatoms. The monoisotopic (exact) mass is 552 g/mol. The van der Waals surface area contributed by atoms with Crippen molar-refractivity contribution in [1.29, 1.82) is 5.41 Å². The minimum absolute atomic E-state index is 0.00601. The molecule has 1 saturated heterocycles. The lowest BCUT2D eigenvalue weighted by Gasteiger charge is -2.33. The summed E-state index contributed by atoms with van der Waals surface area (Å²) in [5.41, 5.74) is 12.2. The second-order valence-corrected chi connectivity index (χ2v) is 9.71. The highest BCUT2D eigenvalue weighted by Crippen LogP contribution is 2.36. The number of alkyl halides is 3. The first-order chi connectivity index (χ1) is 17.8. The number of aromatic nitrogens is 1. The zero-order valence-corrected chi connectivity index (χ0v) is 21.6. The molecule has 0 bridgehead atoms. The maximum absolute atomic E-state index is 13.5. The number of primary amides is 1. The molecule has 3 rings (SSSR count). The highest BCUT2D eigenvalue weighted by molar-refractivity contribution is 7.18. The molecular formula is C25H28F4N6O2S. The number of nitrogens with two attached hydrogens (primary N) is 2. The number of ketones is 1. The van der Waals surface area contributed by atoms with E-state index in [0.29, 0.717) is 5.69 Å². The molecule has 8 nitrogen and oxygen atoms in total. The van der Waals surface area contributed by atoms with Gasteiger partial charge in [-0.3, -0.25) is 15.0 Å². The highest BCUT2D eigenvalue weighted by atomic mass is 32.1. The minimum atomic E-state index is -4.25. The van der Waals surface area contributed by atoms with Gasteiger partial charge in [0, 0.05) is 24.4 Å². The van der Waals surface area contributed by atoms with Gasteiger partial charge in [-0.2, -0.15) is 13.2 Å². The van der Waals surface area contributed by atoms with Crippen molar-refractivity contribution in [1.82, 2.24) is 9.88 Å². The van der Waals surface area contributed by atoms with E-state index in [9.17, 15) is 27.2 Å². The number of benzene rings is 1. The van der Waals surface area contributed by atoms with E-state index >= 15 is 0 Å². The standard InChI is InChI=1S/C25H28F4N6O2S/c1-3-15(4-9-19(30)34-12-10-16(11-13-34)25(27,28)29)20(36)21-22(31)33-24(38-21)35(14(2)23(32)37)18-7-5-17(26)6-8-18/h3-9,14,16,30H,10-13,31H2,1-2H3,(H2,32,37)/b9-4-,15-3+,30-19?. The fourth-order valence-corrected chi connectivity index (χ4v) is 5.02. The first-order valence-corrected chi connectivity index (χ1v) is 12.5. The number of hydrogen-bond donors (Lipinski definition) is 3. The summed E-state index contributed by atoms with van der Waals surface area (Å²) in [6, 6.07) is 4.41. The van der Waals surface area contributed by atoms with E-state index in [2.05, 4.69) is 4.98 Å². The molecule has 1 atom stereocenters. The van der Waals surface area contributed by atoms with Crippen molar-refractivity contribution in [3.63, 3.8) is 0 Å². The van der Waals surface area contributed by atoms with Crippen LogP contribution in [0.3, 0.4) is 0 Å². The summed E-state index contributed by atoms with van der Waals surface area (Å²) < 4.78 is 52.2. The van der Waals surface area contributed by atoms with E-state index in [1.807, 2.05) is 0 Å².